The van der Waals surface area contributed by atoms with Gasteiger partial charge in [0.1, 0.15) is 0 Å². The maximum absolute atomic E-state index is 10.3. The standard InChI is InChI=1S/C6H7NO3S2.K/c7-5-1-3-6(4-2-5)11-12(8,9)10;/h1-4H,7H2,(H,8,9,10);/q;+1/p-1. The molecule has 4 nitrogen and oxygen atoms in total. The molecule has 0 saturated carbocycles. The second-order valence-corrected chi connectivity index (χ2v) is 5.24. The van der Waals surface area contributed by atoms with Crippen molar-refractivity contribution in [1.82, 2.24) is 0 Å². The number of anilines is 1. The van der Waals surface area contributed by atoms with Crippen LogP contribution in [0.4, 0.5) is 5.69 Å². The molecule has 1 aromatic rings. The van der Waals surface area contributed by atoms with Gasteiger partial charge in [-0.1, -0.05) is 0 Å². The minimum absolute atomic E-state index is 0. The molecule has 1 aromatic carbocycles. The van der Waals surface area contributed by atoms with Crippen LogP contribution in [0.25, 0.3) is 0 Å². The molecule has 0 atom stereocenters. The van der Waals surface area contributed by atoms with E-state index < -0.39 is 9.15 Å². The van der Waals surface area contributed by atoms with Crippen LogP contribution in [0.15, 0.2) is 29.2 Å². The molecule has 0 aliphatic carbocycles. The van der Waals surface area contributed by atoms with Crippen molar-refractivity contribution in [1.29, 1.82) is 0 Å². The molecule has 1 rings (SSSR count). The summed E-state index contributed by atoms with van der Waals surface area (Å²) < 4.78 is 30.8. The number of benzene rings is 1. The molecule has 0 heterocycles. The summed E-state index contributed by atoms with van der Waals surface area (Å²) in [7, 11) is -3.99. The molecule has 0 spiro atoms. The minimum atomic E-state index is -4.26. The average Bonchev–Trinajstić information content (AvgIpc) is 1.91. The van der Waals surface area contributed by atoms with Gasteiger partial charge in [0.05, 0.1) is 0 Å². The van der Waals surface area contributed by atoms with E-state index in [1.807, 2.05) is 0 Å². The fourth-order valence-corrected chi connectivity index (χ4v) is 2.16. The zero-order valence-corrected chi connectivity index (χ0v) is 11.7. The van der Waals surface area contributed by atoms with Crippen LogP contribution in [0.1, 0.15) is 0 Å². The van der Waals surface area contributed by atoms with E-state index in [1.54, 1.807) is 0 Å². The molecular formula is C6H6KNO3S2. The average molecular weight is 243 g/mol. The molecule has 0 fully saturated rings. The third-order valence-corrected chi connectivity index (χ3v) is 2.94. The Hall–Kier alpha value is 0.916. The normalized spacial score (nSPS) is 10.5. The first-order valence-electron chi connectivity index (χ1n) is 2.98. The van der Waals surface area contributed by atoms with Crippen LogP contribution in [0, 0.1) is 0 Å². The van der Waals surface area contributed by atoms with Crippen molar-refractivity contribution in [2.75, 3.05) is 5.73 Å². The van der Waals surface area contributed by atoms with Gasteiger partial charge in [0.25, 0.3) is 0 Å². The van der Waals surface area contributed by atoms with Crippen molar-refractivity contribution < 1.29 is 64.4 Å². The molecule has 0 radical (unpaired) electrons. The van der Waals surface area contributed by atoms with E-state index in [0.717, 1.165) is 0 Å². The first kappa shape index (κ1) is 13.9. The minimum Gasteiger partial charge on any atom is -0.739 e. The summed E-state index contributed by atoms with van der Waals surface area (Å²) >= 11 is 0. The van der Waals surface area contributed by atoms with Gasteiger partial charge in [0.2, 0.25) is 0 Å². The first-order chi connectivity index (χ1) is 5.47. The van der Waals surface area contributed by atoms with Gasteiger partial charge in [-0.05, 0) is 35.1 Å². The molecule has 66 valence electrons. The van der Waals surface area contributed by atoms with Crippen molar-refractivity contribution in [3.63, 3.8) is 0 Å². The summed E-state index contributed by atoms with van der Waals surface area (Å²) in [4.78, 5) is 0.374. The SMILES string of the molecule is Nc1ccc(SS(=O)(=O)[O-])cc1.[K+]. The quantitative estimate of drug-likeness (QED) is 0.276. The second kappa shape index (κ2) is 5.71. The summed E-state index contributed by atoms with van der Waals surface area (Å²) in [6, 6.07) is 6.03. The van der Waals surface area contributed by atoms with Gasteiger partial charge in [-0.3, -0.25) is 0 Å². The van der Waals surface area contributed by atoms with Crippen LogP contribution < -0.4 is 57.1 Å². The zero-order valence-electron chi connectivity index (χ0n) is 6.93. The number of hydrogen-bond donors (Lipinski definition) is 1. The van der Waals surface area contributed by atoms with Gasteiger partial charge < -0.3 is 10.3 Å². The predicted molar refractivity (Wildman–Crippen MR) is 46.4 cm³/mol. The molecule has 0 unspecified atom stereocenters. The topological polar surface area (TPSA) is 83.2 Å². The van der Waals surface area contributed by atoms with E-state index in [4.69, 9.17) is 5.73 Å². The van der Waals surface area contributed by atoms with Crippen molar-refractivity contribution in [2.24, 2.45) is 0 Å². The monoisotopic (exact) mass is 243 g/mol. The Morgan fingerprint density at radius 3 is 2.08 bits per heavy atom. The molecule has 0 saturated heterocycles. The van der Waals surface area contributed by atoms with Crippen molar-refractivity contribution in [2.45, 2.75) is 4.90 Å². The summed E-state index contributed by atoms with van der Waals surface area (Å²) in [5, 5.41) is 0. The van der Waals surface area contributed by atoms with E-state index in [-0.39, 0.29) is 62.2 Å². The molecular weight excluding hydrogens is 237 g/mol. The Balaban J connectivity index is 0.00000144. The van der Waals surface area contributed by atoms with Crippen molar-refractivity contribution in [3.05, 3.63) is 24.3 Å². The fraction of sp³-hybridized carbons (Fsp3) is 0. The van der Waals surface area contributed by atoms with Gasteiger partial charge in [0.15, 0.2) is 9.15 Å². The summed E-state index contributed by atoms with van der Waals surface area (Å²) in [6.07, 6.45) is 0. The predicted octanol–water partition coefficient (Wildman–Crippen LogP) is -2.17. The maximum atomic E-state index is 10.3. The van der Waals surface area contributed by atoms with E-state index >= 15 is 0 Å². The van der Waals surface area contributed by atoms with E-state index in [2.05, 4.69) is 0 Å². The van der Waals surface area contributed by atoms with Gasteiger partial charge in [-0.15, -0.1) is 0 Å². The van der Waals surface area contributed by atoms with Gasteiger partial charge in [-0.2, -0.15) is 0 Å². The fourth-order valence-electron chi connectivity index (χ4n) is 0.641. The van der Waals surface area contributed by atoms with E-state index in [1.165, 1.54) is 24.3 Å². The Morgan fingerprint density at radius 1 is 1.23 bits per heavy atom. The van der Waals surface area contributed by atoms with Crippen LogP contribution in [0.5, 0.6) is 0 Å². The van der Waals surface area contributed by atoms with Gasteiger partial charge in [0, 0.05) is 10.6 Å². The molecule has 0 aromatic heterocycles. The third kappa shape index (κ3) is 6.08. The Labute approximate surface area is 123 Å². The zero-order chi connectivity index (χ0) is 9.19. The van der Waals surface area contributed by atoms with Gasteiger partial charge in [-0.25, -0.2) is 8.42 Å². The Bertz CT molecular complexity index is 362. The Morgan fingerprint density at radius 2 is 1.69 bits per heavy atom. The largest absolute Gasteiger partial charge is 1.00 e. The summed E-state index contributed by atoms with van der Waals surface area (Å²) in [5.41, 5.74) is 5.88. The molecule has 7 heteroatoms. The summed E-state index contributed by atoms with van der Waals surface area (Å²) in [5.74, 6) is 0. The number of rotatable bonds is 2. The number of hydrogen-bond acceptors (Lipinski definition) is 5. The van der Waals surface area contributed by atoms with Crippen LogP contribution >= 0.6 is 10.8 Å². The first-order valence-corrected chi connectivity index (χ1v) is 5.72. The van der Waals surface area contributed by atoms with E-state index in [0.29, 0.717) is 10.6 Å². The van der Waals surface area contributed by atoms with Crippen LogP contribution in [0.2, 0.25) is 0 Å². The van der Waals surface area contributed by atoms with Crippen LogP contribution in [-0.4, -0.2) is 13.0 Å². The molecule has 0 aliphatic rings. The number of nitrogen functional groups attached to an aromatic ring is 1. The maximum Gasteiger partial charge on any atom is 1.00 e. The van der Waals surface area contributed by atoms with E-state index in [9.17, 15) is 13.0 Å². The number of nitrogens with two attached hydrogens (primary N) is 1. The van der Waals surface area contributed by atoms with Crippen LogP contribution in [-0.2, 0) is 9.15 Å². The summed E-state index contributed by atoms with van der Waals surface area (Å²) in [6.45, 7) is 0. The van der Waals surface area contributed by atoms with Crippen molar-refractivity contribution >= 4 is 25.6 Å². The van der Waals surface area contributed by atoms with Crippen molar-refractivity contribution in [3.8, 4) is 0 Å². The molecule has 0 amide bonds. The molecule has 0 aliphatic heterocycles. The smallest absolute Gasteiger partial charge is 0.739 e. The molecule has 13 heavy (non-hydrogen) atoms. The third-order valence-electron chi connectivity index (χ3n) is 1.08. The molecule has 2 N–H and O–H groups in total. The van der Waals surface area contributed by atoms with Crippen LogP contribution in [0.3, 0.4) is 0 Å². The Kier molecular flexibility index (Phi) is 6.12. The second-order valence-electron chi connectivity index (χ2n) is 2.06. The molecule has 0 bridgehead atoms. The van der Waals surface area contributed by atoms with Gasteiger partial charge >= 0.3 is 51.4 Å².